The molecule has 6 nitrogen and oxygen atoms in total. The van der Waals surface area contributed by atoms with Gasteiger partial charge in [-0.05, 0) is 74.1 Å². The van der Waals surface area contributed by atoms with Crippen molar-refractivity contribution in [2.45, 2.75) is 43.6 Å². The maximum atomic E-state index is 13.7. The average Bonchev–Trinajstić information content (AvgIpc) is 2.82. The van der Waals surface area contributed by atoms with E-state index >= 15 is 0 Å². The van der Waals surface area contributed by atoms with Crippen LogP contribution in [0.2, 0.25) is 15.1 Å². The van der Waals surface area contributed by atoms with Crippen LogP contribution in [-0.2, 0) is 22.9 Å². The molecule has 190 valence electrons. The van der Waals surface area contributed by atoms with E-state index in [-0.39, 0.29) is 45.2 Å². The number of benzene rings is 2. The standard InChI is InChI=1S/C26H25Cl3N2O4S/c1-16(32)8-9-17-10-23-24(31(15-17)36(34,35)20-5-2-4-19(27)13-20)11-18(14-30-23)12-25(33)26-21(28)6-3-7-22(26)29/h2-7,11,13-14,16-17,32H,8-10,12,15H2,1H3/t16-,17-/m1/s1. The first kappa shape index (κ1) is 26.9. The van der Waals surface area contributed by atoms with Crippen molar-refractivity contribution in [3.05, 3.63) is 86.6 Å². The summed E-state index contributed by atoms with van der Waals surface area (Å²) in [6.45, 7) is 1.94. The van der Waals surface area contributed by atoms with Crippen molar-refractivity contribution in [2.75, 3.05) is 10.8 Å². The zero-order valence-corrected chi connectivity index (χ0v) is 22.6. The first-order valence-corrected chi connectivity index (χ1v) is 14.0. The fraction of sp³-hybridized carbons (Fsp3) is 0.308. The van der Waals surface area contributed by atoms with Gasteiger partial charge in [0.05, 0.1) is 38.0 Å². The number of nitrogens with zero attached hydrogens (tertiary/aromatic N) is 2. The molecule has 0 radical (unpaired) electrons. The predicted molar refractivity (Wildman–Crippen MR) is 143 cm³/mol. The summed E-state index contributed by atoms with van der Waals surface area (Å²) >= 11 is 18.5. The van der Waals surface area contributed by atoms with Gasteiger partial charge < -0.3 is 5.11 Å². The molecule has 2 atom stereocenters. The average molecular weight is 568 g/mol. The van der Waals surface area contributed by atoms with E-state index < -0.39 is 16.1 Å². The van der Waals surface area contributed by atoms with E-state index in [1.807, 2.05) is 0 Å². The summed E-state index contributed by atoms with van der Waals surface area (Å²) in [5.74, 6) is -0.315. The molecule has 1 N–H and O–H groups in total. The summed E-state index contributed by atoms with van der Waals surface area (Å²) in [5.41, 5.74) is 1.82. The summed E-state index contributed by atoms with van der Waals surface area (Å²) in [6.07, 6.45) is 2.82. The predicted octanol–water partition coefficient (Wildman–Crippen LogP) is 6.00. The van der Waals surface area contributed by atoms with E-state index in [0.717, 1.165) is 0 Å². The number of ketones is 1. The SMILES string of the molecule is C[C@@H](O)CC[C@@H]1Cc2ncc(CC(=O)c3c(Cl)cccc3Cl)cc2N(S(=O)(=O)c2cccc(Cl)c2)C1. The van der Waals surface area contributed by atoms with Crippen LogP contribution in [0.25, 0.3) is 0 Å². The third kappa shape index (κ3) is 5.87. The van der Waals surface area contributed by atoms with Gasteiger partial charge in [0.15, 0.2) is 5.78 Å². The Kier molecular flexibility index (Phi) is 8.27. The number of carbonyl (C=O) groups excluding carboxylic acids is 1. The van der Waals surface area contributed by atoms with E-state index in [0.29, 0.717) is 41.2 Å². The minimum Gasteiger partial charge on any atom is -0.393 e. The molecule has 2 aromatic carbocycles. The Hall–Kier alpha value is -2.16. The van der Waals surface area contributed by atoms with Crippen molar-refractivity contribution in [1.82, 2.24) is 4.98 Å². The molecule has 36 heavy (non-hydrogen) atoms. The normalized spacial score (nSPS) is 16.5. The number of aliphatic hydroxyl groups excluding tert-OH is 1. The highest BCUT2D eigenvalue weighted by atomic mass is 35.5. The van der Waals surface area contributed by atoms with Gasteiger partial charge in [0.25, 0.3) is 10.0 Å². The molecule has 1 aliphatic rings. The molecular weight excluding hydrogens is 543 g/mol. The van der Waals surface area contributed by atoms with Gasteiger partial charge in [-0.2, -0.15) is 0 Å². The van der Waals surface area contributed by atoms with Crippen LogP contribution < -0.4 is 4.31 Å². The van der Waals surface area contributed by atoms with Crippen molar-refractivity contribution < 1.29 is 18.3 Å². The number of Topliss-reactive ketones (excluding diaryl/α,β-unsaturated/α-hetero) is 1. The number of anilines is 1. The van der Waals surface area contributed by atoms with Crippen LogP contribution in [0.4, 0.5) is 5.69 Å². The molecule has 4 rings (SSSR count). The number of sulfonamides is 1. The lowest BCUT2D eigenvalue weighted by Gasteiger charge is -2.35. The zero-order valence-electron chi connectivity index (χ0n) is 19.5. The largest absolute Gasteiger partial charge is 0.393 e. The lowest BCUT2D eigenvalue weighted by atomic mass is 9.91. The van der Waals surface area contributed by atoms with Crippen LogP contribution in [-0.4, -0.2) is 36.9 Å². The molecular formula is C26H25Cl3N2O4S. The van der Waals surface area contributed by atoms with Gasteiger partial charge >= 0.3 is 0 Å². The Labute approximate surface area is 225 Å². The number of hydrogen-bond acceptors (Lipinski definition) is 5. The molecule has 3 aromatic rings. The number of fused-ring (bicyclic) bond motifs is 1. The fourth-order valence-electron chi connectivity index (χ4n) is 4.35. The number of carbonyl (C=O) groups is 1. The van der Waals surface area contributed by atoms with E-state index in [1.165, 1.54) is 16.4 Å². The number of aliphatic hydroxyl groups is 1. The highest BCUT2D eigenvalue weighted by molar-refractivity contribution is 7.92. The third-order valence-electron chi connectivity index (χ3n) is 6.16. The van der Waals surface area contributed by atoms with Gasteiger partial charge in [-0.3, -0.25) is 14.1 Å². The third-order valence-corrected chi connectivity index (χ3v) is 8.80. The molecule has 0 unspecified atom stereocenters. The molecule has 0 fully saturated rings. The van der Waals surface area contributed by atoms with Crippen molar-refractivity contribution >= 4 is 56.3 Å². The summed E-state index contributed by atoms with van der Waals surface area (Å²) in [5, 5.41) is 10.6. The minimum absolute atomic E-state index is 0.0250. The molecule has 0 bridgehead atoms. The molecule has 0 aliphatic carbocycles. The molecule has 1 aromatic heterocycles. The van der Waals surface area contributed by atoms with Crippen LogP contribution in [0, 0.1) is 5.92 Å². The summed E-state index contributed by atoms with van der Waals surface area (Å²) in [7, 11) is -3.96. The molecule has 2 heterocycles. The summed E-state index contributed by atoms with van der Waals surface area (Å²) in [4.78, 5) is 17.6. The molecule has 0 amide bonds. The smallest absolute Gasteiger partial charge is 0.264 e. The Morgan fingerprint density at radius 2 is 1.83 bits per heavy atom. The van der Waals surface area contributed by atoms with Crippen molar-refractivity contribution in [3.63, 3.8) is 0 Å². The molecule has 0 saturated carbocycles. The molecule has 1 aliphatic heterocycles. The zero-order chi connectivity index (χ0) is 26.0. The Morgan fingerprint density at radius 3 is 2.50 bits per heavy atom. The van der Waals surface area contributed by atoms with Crippen LogP contribution in [0.5, 0.6) is 0 Å². The van der Waals surface area contributed by atoms with Gasteiger partial charge in [0.1, 0.15) is 0 Å². The van der Waals surface area contributed by atoms with Crippen molar-refractivity contribution in [1.29, 1.82) is 0 Å². The fourth-order valence-corrected chi connectivity index (χ4v) is 6.82. The van der Waals surface area contributed by atoms with E-state index in [9.17, 15) is 18.3 Å². The maximum Gasteiger partial charge on any atom is 0.264 e. The van der Waals surface area contributed by atoms with Crippen molar-refractivity contribution in [3.8, 4) is 0 Å². The molecule has 0 saturated heterocycles. The van der Waals surface area contributed by atoms with Gasteiger partial charge in [-0.1, -0.05) is 46.9 Å². The monoisotopic (exact) mass is 566 g/mol. The first-order valence-electron chi connectivity index (χ1n) is 11.5. The topological polar surface area (TPSA) is 87.6 Å². The maximum absolute atomic E-state index is 13.7. The van der Waals surface area contributed by atoms with Crippen LogP contribution in [0.1, 0.15) is 41.4 Å². The van der Waals surface area contributed by atoms with Crippen molar-refractivity contribution in [2.24, 2.45) is 5.92 Å². The number of aromatic nitrogens is 1. The van der Waals surface area contributed by atoms with E-state index in [1.54, 1.807) is 49.5 Å². The summed E-state index contributed by atoms with van der Waals surface area (Å²) < 4.78 is 28.8. The number of hydrogen-bond donors (Lipinski definition) is 1. The lowest BCUT2D eigenvalue weighted by Crippen LogP contribution is -2.40. The van der Waals surface area contributed by atoms with Crippen LogP contribution in [0.15, 0.2) is 59.6 Å². The number of rotatable bonds is 8. The number of pyridine rings is 1. The Morgan fingerprint density at radius 1 is 1.14 bits per heavy atom. The second-order valence-electron chi connectivity index (χ2n) is 9.00. The molecule has 0 spiro atoms. The Bertz CT molecular complexity index is 1380. The highest BCUT2D eigenvalue weighted by Gasteiger charge is 2.34. The lowest BCUT2D eigenvalue weighted by molar-refractivity contribution is 0.0993. The van der Waals surface area contributed by atoms with Gasteiger partial charge in [0, 0.05) is 24.2 Å². The van der Waals surface area contributed by atoms with Gasteiger partial charge in [0.2, 0.25) is 0 Å². The highest BCUT2D eigenvalue weighted by Crippen LogP contribution is 2.36. The Balaban J connectivity index is 1.71. The van der Waals surface area contributed by atoms with Crippen LogP contribution in [0.3, 0.4) is 0 Å². The minimum atomic E-state index is -3.96. The number of halogens is 3. The van der Waals surface area contributed by atoms with E-state index in [4.69, 9.17) is 34.8 Å². The van der Waals surface area contributed by atoms with Gasteiger partial charge in [-0.15, -0.1) is 0 Å². The van der Waals surface area contributed by atoms with Gasteiger partial charge in [-0.25, -0.2) is 8.42 Å². The summed E-state index contributed by atoms with van der Waals surface area (Å²) in [6, 6.07) is 12.7. The first-order chi connectivity index (χ1) is 17.1. The molecule has 10 heteroatoms. The second-order valence-corrected chi connectivity index (χ2v) is 12.1. The van der Waals surface area contributed by atoms with Crippen LogP contribution >= 0.6 is 34.8 Å². The quantitative estimate of drug-likeness (QED) is 0.338. The van der Waals surface area contributed by atoms with E-state index in [2.05, 4.69) is 4.98 Å². The second kappa shape index (κ2) is 11.1.